The molecule has 0 radical (unpaired) electrons. The molecule has 2 aliphatic rings. The van der Waals surface area contributed by atoms with Crippen molar-refractivity contribution in [3.8, 4) is 0 Å². The average Bonchev–Trinajstić information content (AvgIpc) is 1.96. The van der Waals surface area contributed by atoms with Crippen LogP contribution in [0.15, 0.2) is 23.3 Å². The molecular formula is C11H16O2. The highest BCUT2D eigenvalue weighted by atomic mass is 16.4. The Labute approximate surface area is 79.0 Å². The first-order valence-electron chi connectivity index (χ1n) is 4.55. The smallest absolute Gasteiger partial charge is 0.308 e. The fourth-order valence-electron chi connectivity index (χ4n) is 0.899. The zero-order valence-corrected chi connectivity index (χ0v) is 8.42. The van der Waals surface area contributed by atoms with Crippen molar-refractivity contribution in [2.45, 2.75) is 33.6 Å². The van der Waals surface area contributed by atoms with Gasteiger partial charge in [0, 0.05) is 0 Å². The number of hydrogen-bond donors (Lipinski definition) is 1. The molecule has 0 aromatic carbocycles. The fourth-order valence-corrected chi connectivity index (χ4v) is 0.899. The molecule has 0 spiro atoms. The van der Waals surface area contributed by atoms with Crippen molar-refractivity contribution < 1.29 is 9.90 Å². The van der Waals surface area contributed by atoms with Gasteiger partial charge >= 0.3 is 5.97 Å². The van der Waals surface area contributed by atoms with Crippen molar-refractivity contribution in [1.29, 1.82) is 0 Å². The molecule has 1 N–H and O–H groups in total. The lowest BCUT2D eigenvalue weighted by molar-refractivity contribution is -0.145. The number of carboxylic acid groups (broad SMARTS) is 1. The van der Waals surface area contributed by atoms with Gasteiger partial charge in [-0.1, -0.05) is 12.2 Å². The minimum absolute atomic E-state index is 0.583. The Kier molecular flexibility index (Phi) is 2.60. The Morgan fingerprint density at radius 3 is 1.54 bits per heavy atom. The Balaban J connectivity index is 0.000000130. The van der Waals surface area contributed by atoms with Gasteiger partial charge in [0.25, 0.3) is 0 Å². The van der Waals surface area contributed by atoms with E-state index in [1.165, 1.54) is 12.8 Å². The molecule has 0 unspecified atom stereocenters. The summed E-state index contributed by atoms with van der Waals surface area (Å²) in [5, 5.41) is 8.25. The zero-order valence-electron chi connectivity index (χ0n) is 8.42. The van der Waals surface area contributed by atoms with E-state index in [4.69, 9.17) is 5.11 Å². The first kappa shape index (κ1) is 10.0. The van der Waals surface area contributed by atoms with Crippen LogP contribution in [0.4, 0.5) is 0 Å². The van der Waals surface area contributed by atoms with Crippen LogP contribution in [0.5, 0.6) is 0 Å². The summed E-state index contributed by atoms with van der Waals surface area (Å²) in [6.45, 7) is 4.99. The monoisotopic (exact) mass is 180 g/mol. The first-order chi connectivity index (χ1) is 5.91. The maximum atomic E-state index is 10.0. The van der Waals surface area contributed by atoms with Gasteiger partial charge < -0.3 is 5.11 Å². The van der Waals surface area contributed by atoms with Gasteiger partial charge in [-0.15, -0.1) is 0 Å². The van der Waals surface area contributed by atoms with Crippen molar-refractivity contribution in [1.82, 2.24) is 0 Å². The van der Waals surface area contributed by atoms with Crippen LogP contribution in [0.25, 0.3) is 0 Å². The molecule has 0 heterocycles. The van der Waals surface area contributed by atoms with Crippen LogP contribution in [0.3, 0.4) is 0 Å². The molecule has 2 nitrogen and oxygen atoms in total. The van der Waals surface area contributed by atoms with E-state index in [0.29, 0.717) is 0 Å². The van der Waals surface area contributed by atoms with E-state index in [9.17, 15) is 4.79 Å². The number of carbonyl (C=O) groups is 1. The van der Waals surface area contributed by atoms with Crippen molar-refractivity contribution in [2.24, 2.45) is 5.41 Å². The molecule has 0 aromatic heterocycles. The van der Waals surface area contributed by atoms with Gasteiger partial charge in [0.15, 0.2) is 0 Å². The van der Waals surface area contributed by atoms with E-state index in [1.54, 1.807) is 31.9 Å². The van der Waals surface area contributed by atoms with Crippen LogP contribution >= 0.6 is 0 Å². The van der Waals surface area contributed by atoms with E-state index < -0.39 is 11.4 Å². The molecule has 0 amide bonds. The number of carboxylic acids is 1. The molecule has 2 heteroatoms. The lowest BCUT2D eigenvalue weighted by Gasteiger charge is -2.24. The second-order valence-electron chi connectivity index (χ2n) is 4.44. The maximum Gasteiger partial charge on any atom is 0.308 e. The molecule has 0 bridgehead atoms. The molecule has 0 fully saturated rings. The van der Waals surface area contributed by atoms with E-state index in [0.717, 1.165) is 0 Å². The zero-order chi connectivity index (χ0) is 10.1. The second-order valence-corrected chi connectivity index (χ2v) is 4.44. The van der Waals surface area contributed by atoms with Crippen molar-refractivity contribution in [3.63, 3.8) is 0 Å². The molecule has 0 atom stereocenters. The van der Waals surface area contributed by atoms with Crippen molar-refractivity contribution in [2.75, 3.05) is 0 Å². The highest BCUT2D eigenvalue weighted by Crippen LogP contribution is 2.36. The van der Waals surface area contributed by atoms with Gasteiger partial charge in [0.1, 0.15) is 0 Å². The molecule has 0 aliphatic heterocycles. The molecule has 0 saturated heterocycles. The molecular weight excluding hydrogens is 164 g/mol. The average molecular weight is 180 g/mol. The lowest BCUT2D eigenvalue weighted by atomic mass is 9.81. The van der Waals surface area contributed by atoms with Gasteiger partial charge in [0.2, 0.25) is 0 Å². The molecule has 0 saturated carbocycles. The Morgan fingerprint density at radius 1 is 1.23 bits per heavy atom. The Bertz CT molecular complexity index is 261. The predicted molar refractivity (Wildman–Crippen MR) is 52.5 cm³/mol. The van der Waals surface area contributed by atoms with Crippen LogP contribution in [0.2, 0.25) is 0 Å². The summed E-state index contributed by atoms with van der Waals surface area (Å²) < 4.78 is 0. The summed E-state index contributed by atoms with van der Waals surface area (Å²) in [6.07, 6.45) is 7.12. The van der Waals surface area contributed by atoms with Gasteiger partial charge in [0.05, 0.1) is 5.41 Å². The Morgan fingerprint density at radius 2 is 1.54 bits per heavy atom. The van der Waals surface area contributed by atoms with E-state index in [1.807, 2.05) is 0 Å². The number of hydrogen-bond acceptors (Lipinski definition) is 1. The van der Waals surface area contributed by atoms with Crippen LogP contribution in [0.1, 0.15) is 33.6 Å². The molecule has 13 heavy (non-hydrogen) atoms. The first-order valence-corrected chi connectivity index (χ1v) is 4.55. The summed E-state index contributed by atoms with van der Waals surface area (Å²) in [5.74, 6) is -0.757. The third-order valence-corrected chi connectivity index (χ3v) is 2.20. The second kappa shape index (κ2) is 3.36. The largest absolute Gasteiger partial charge is 0.481 e. The third kappa shape index (κ3) is 2.44. The minimum Gasteiger partial charge on any atom is -0.481 e. The van der Waals surface area contributed by atoms with Crippen molar-refractivity contribution in [3.05, 3.63) is 23.3 Å². The van der Waals surface area contributed by atoms with Crippen molar-refractivity contribution >= 4 is 5.97 Å². The number of aliphatic carboxylic acids is 1. The number of allylic oxidation sites excluding steroid dienone is 4. The maximum absolute atomic E-state index is 10.0. The SMILES string of the molecule is C1=CC2=C1CC2.CC(C)(C)C(=O)O. The van der Waals surface area contributed by atoms with Crippen LogP contribution in [-0.2, 0) is 4.79 Å². The standard InChI is InChI=1S/C6H6.C5H10O2/c1-2-6-4-3-5(1)6;1-5(2,3)4(6)7/h1-2H,3-4H2;1-3H3,(H,6,7). The normalized spacial score (nSPS) is 17.8. The molecule has 0 aromatic rings. The summed E-state index contributed by atoms with van der Waals surface area (Å²) in [7, 11) is 0. The number of rotatable bonds is 0. The van der Waals surface area contributed by atoms with Gasteiger partial charge in [-0.3, -0.25) is 4.79 Å². The van der Waals surface area contributed by atoms with E-state index in [2.05, 4.69) is 12.2 Å². The molecule has 2 aliphatic carbocycles. The highest BCUT2D eigenvalue weighted by molar-refractivity contribution is 5.72. The summed E-state index contributed by atoms with van der Waals surface area (Å²) >= 11 is 0. The summed E-state index contributed by atoms with van der Waals surface area (Å²) in [4.78, 5) is 10.0. The summed E-state index contributed by atoms with van der Waals surface area (Å²) in [6, 6.07) is 0. The van der Waals surface area contributed by atoms with Crippen LogP contribution in [-0.4, -0.2) is 11.1 Å². The fraction of sp³-hybridized carbons (Fsp3) is 0.545. The third-order valence-electron chi connectivity index (χ3n) is 2.20. The van der Waals surface area contributed by atoms with Crippen LogP contribution < -0.4 is 0 Å². The molecule has 2 rings (SSSR count). The van der Waals surface area contributed by atoms with Gasteiger partial charge in [-0.05, 0) is 44.8 Å². The van der Waals surface area contributed by atoms with Gasteiger partial charge in [-0.2, -0.15) is 0 Å². The summed E-state index contributed by atoms with van der Waals surface area (Å²) in [5.41, 5.74) is 2.63. The highest BCUT2D eigenvalue weighted by Gasteiger charge is 2.18. The Hall–Kier alpha value is -1.05. The lowest BCUT2D eigenvalue weighted by Crippen LogP contribution is -2.18. The van der Waals surface area contributed by atoms with E-state index >= 15 is 0 Å². The topological polar surface area (TPSA) is 37.3 Å². The van der Waals surface area contributed by atoms with E-state index in [-0.39, 0.29) is 0 Å². The van der Waals surface area contributed by atoms with Gasteiger partial charge in [-0.25, -0.2) is 0 Å². The predicted octanol–water partition coefficient (Wildman–Crippen LogP) is 2.76. The molecule has 72 valence electrons. The van der Waals surface area contributed by atoms with Crippen LogP contribution in [0, 0.1) is 5.41 Å². The minimum atomic E-state index is -0.757. The quantitative estimate of drug-likeness (QED) is 0.622.